The third-order valence-electron chi connectivity index (χ3n) is 4.12. The summed E-state index contributed by atoms with van der Waals surface area (Å²) in [6.45, 7) is 12.8. The molecule has 0 spiro atoms. The largest absolute Gasteiger partial charge is 0.358 e. The number of nitrogens with zero attached hydrogens (tertiary/aromatic N) is 2. The van der Waals surface area contributed by atoms with E-state index < -0.39 is 0 Å². The highest BCUT2D eigenvalue weighted by atomic mass is 32.1. The number of aromatic nitrogens is 1. The van der Waals surface area contributed by atoms with Gasteiger partial charge in [0.15, 0.2) is 5.76 Å². The average molecular weight is 324 g/mol. The van der Waals surface area contributed by atoms with Gasteiger partial charge >= 0.3 is 0 Å². The van der Waals surface area contributed by atoms with Crippen molar-refractivity contribution in [3.63, 3.8) is 0 Å². The van der Waals surface area contributed by atoms with Crippen LogP contribution in [-0.2, 0) is 6.54 Å². The Morgan fingerprint density at radius 3 is 2.74 bits per heavy atom. The molecule has 0 atom stereocenters. The summed E-state index contributed by atoms with van der Waals surface area (Å²) in [4.78, 5) is 7.34. The fourth-order valence-electron chi connectivity index (χ4n) is 2.81. The van der Waals surface area contributed by atoms with Gasteiger partial charge in [0.2, 0.25) is 0 Å². The third-order valence-corrected chi connectivity index (χ3v) is 5.35. The van der Waals surface area contributed by atoms with Crippen LogP contribution in [0, 0.1) is 20.8 Å². The van der Waals surface area contributed by atoms with Crippen LogP contribution in [0.5, 0.6) is 0 Å². The summed E-state index contributed by atoms with van der Waals surface area (Å²) < 4.78 is 5.51. The van der Waals surface area contributed by atoms with Crippen LogP contribution < -0.4 is 0 Å². The molecular formula is C19H20N2OS. The predicted octanol–water partition coefficient (Wildman–Crippen LogP) is 5.32. The second-order valence-corrected chi connectivity index (χ2v) is 6.80. The number of rotatable bonds is 3. The van der Waals surface area contributed by atoms with E-state index in [2.05, 4.69) is 31.7 Å². The maximum Gasteiger partial charge on any atom is 0.167 e. The van der Waals surface area contributed by atoms with Gasteiger partial charge in [-0.1, -0.05) is 36.0 Å². The van der Waals surface area contributed by atoms with Gasteiger partial charge in [0.05, 0.1) is 17.0 Å². The van der Waals surface area contributed by atoms with E-state index in [1.165, 1.54) is 20.9 Å². The van der Waals surface area contributed by atoms with Crippen LogP contribution in [0.2, 0.25) is 0 Å². The van der Waals surface area contributed by atoms with Crippen molar-refractivity contribution in [1.29, 1.82) is 0 Å². The lowest BCUT2D eigenvalue weighted by atomic mass is 9.96. The Morgan fingerprint density at radius 1 is 1.26 bits per heavy atom. The first-order valence-electron chi connectivity index (χ1n) is 7.64. The topological polar surface area (TPSA) is 38.4 Å². The smallest absolute Gasteiger partial charge is 0.167 e. The fourth-order valence-corrected chi connectivity index (χ4v) is 4.09. The first-order chi connectivity index (χ1) is 11.1. The van der Waals surface area contributed by atoms with E-state index in [4.69, 9.17) is 9.52 Å². The Morgan fingerprint density at radius 2 is 2.04 bits per heavy atom. The van der Waals surface area contributed by atoms with Crippen LogP contribution in [0.15, 0.2) is 46.0 Å². The van der Waals surface area contributed by atoms with Gasteiger partial charge in [-0.15, -0.1) is 11.3 Å². The van der Waals surface area contributed by atoms with Crippen molar-refractivity contribution in [2.75, 3.05) is 0 Å². The molecule has 0 amide bonds. The molecule has 2 aromatic heterocycles. The van der Waals surface area contributed by atoms with Crippen LogP contribution in [0.1, 0.15) is 34.4 Å². The molecule has 3 rings (SSSR count). The molecule has 3 heterocycles. The predicted molar refractivity (Wildman–Crippen MR) is 97.4 cm³/mol. The quantitative estimate of drug-likeness (QED) is 0.717. The summed E-state index contributed by atoms with van der Waals surface area (Å²) in [5.41, 5.74) is 6.51. The molecule has 0 aromatic carbocycles. The van der Waals surface area contributed by atoms with Crippen LogP contribution in [0.4, 0.5) is 0 Å². The standard InChI is InChI=1S/C19H20N2OS/c1-6-8-9-14(7-2)18-16-11(3)13(5)23-19(16)17-12(4)21-22-15(17)10-20-18/h6-9H,2,10H2,1,3-5H3/b8-6-,14-9+. The molecule has 3 nitrogen and oxygen atoms in total. The van der Waals surface area contributed by atoms with Crippen molar-refractivity contribution >= 4 is 17.0 Å². The van der Waals surface area contributed by atoms with Gasteiger partial charge in [0.1, 0.15) is 6.54 Å². The highest BCUT2D eigenvalue weighted by Gasteiger charge is 2.28. The molecule has 0 fully saturated rings. The minimum atomic E-state index is 0.506. The molecule has 4 heteroatoms. The number of thiophene rings is 1. The number of hydrogen-bond acceptors (Lipinski definition) is 4. The summed E-state index contributed by atoms with van der Waals surface area (Å²) in [5.74, 6) is 0.842. The summed E-state index contributed by atoms with van der Waals surface area (Å²) >= 11 is 1.79. The first-order valence-corrected chi connectivity index (χ1v) is 8.46. The highest BCUT2D eigenvalue weighted by molar-refractivity contribution is 7.16. The Kier molecular flexibility index (Phi) is 4.18. The molecule has 0 unspecified atom stereocenters. The van der Waals surface area contributed by atoms with Crippen LogP contribution in [0.25, 0.3) is 10.4 Å². The molecule has 23 heavy (non-hydrogen) atoms. The van der Waals surface area contributed by atoms with Crippen molar-refractivity contribution < 1.29 is 4.52 Å². The van der Waals surface area contributed by atoms with Crippen LogP contribution >= 0.6 is 11.3 Å². The van der Waals surface area contributed by atoms with E-state index in [1.807, 2.05) is 32.1 Å². The minimum absolute atomic E-state index is 0.506. The molecule has 2 aromatic rings. The number of allylic oxidation sites excluding steroid dienone is 5. The van der Waals surface area contributed by atoms with Gasteiger partial charge in [-0.05, 0) is 38.8 Å². The van der Waals surface area contributed by atoms with E-state index in [0.717, 1.165) is 28.3 Å². The van der Waals surface area contributed by atoms with Crippen LogP contribution in [0.3, 0.4) is 0 Å². The third kappa shape index (κ3) is 2.53. The van der Waals surface area contributed by atoms with Crippen molar-refractivity contribution in [3.05, 3.63) is 63.9 Å². The molecule has 0 aliphatic carbocycles. The van der Waals surface area contributed by atoms with E-state index in [9.17, 15) is 0 Å². The van der Waals surface area contributed by atoms with E-state index in [-0.39, 0.29) is 0 Å². The maximum atomic E-state index is 5.51. The minimum Gasteiger partial charge on any atom is -0.358 e. The molecule has 1 aliphatic rings. The van der Waals surface area contributed by atoms with Crippen LogP contribution in [-0.4, -0.2) is 10.9 Å². The molecule has 0 saturated carbocycles. The second kappa shape index (κ2) is 6.13. The van der Waals surface area contributed by atoms with Gasteiger partial charge in [-0.25, -0.2) is 0 Å². The zero-order valence-corrected chi connectivity index (χ0v) is 14.8. The lowest BCUT2D eigenvalue weighted by Gasteiger charge is -2.08. The molecule has 0 radical (unpaired) electrons. The number of aryl methyl sites for hydroxylation is 2. The van der Waals surface area contributed by atoms with Crippen molar-refractivity contribution in [1.82, 2.24) is 5.16 Å². The zero-order valence-electron chi connectivity index (χ0n) is 13.9. The zero-order chi connectivity index (χ0) is 16.6. The monoisotopic (exact) mass is 324 g/mol. The molecular weight excluding hydrogens is 304 g/mol. The summed E-state index contributed by atoms with van der Waals surface area (Å²) in [5, 5.41) is 4.13. The molecule has 118 valence electrons. The fraction of sp³-hybridized carbons (Fsp3) is 0.263. The van der Waals surface area contributed by atoms with Gasteiger partial charge in [-0.3, -0.25) is 4.99 Å². The van der Waals surface area contributed by atoms with E-state index in [0.29, 0.717) is 6.54 Å². The molecule has 0 N–H and O–H groups in total. The molecule has 1 aliphatic heterocycles. The number of fused-ring (bicyclic) bond motifs is 3. The maximum absolute atomic E-state index is 5.51. The Hall–Kier alpha value is -2.20. The Labute approximate surface area is 140 Å². The Bertz CT molecular complexity index is 862. The first kappa shape index (κ1) is 15.7. The summed E-state index contributed by atoms with van der Waals surface area (Å²) in [6, 6.07) is 0. The van der Waals surface area contributed by atoms with Gasteiger partial charge in [0, 0.05) is 15.3 Å². The normalized spacial score (nSPS) is 14.4. The summed E-state index contributed by atoms with van der Waals surface area (Å²) in [7, 11) is 0. The number of hydrogen-bond donors (Lipinski definition) is 0. The lowest BCUT2D eigenvalue weighted by Crippen LogP contribution is -2.05. The van der Waals surface area contributed by atoms with E-state index >= 15 is 0 Å². The van der Waals surface area contributed by atoms with Gasteiger partial charge < -0.3 is 4.52 Å². The van der Waals surface area contributed by atoms with Crippen molar-refractivity contribution in [2.24, 2.45) is 4.99 Å². The Balaban J connectivity index is 2.30. The average Bonchev–Trinajstić information content (AvgIpc) is 2.98. The van der Waals surface area contributed by atoms with Gasteiger partial charge in [0.25, 0.3) is 0 Å². The SMILES string of the molecule is C=C/C(=C\C=C/C)C1=NCc2onc(C)c2-c2sc(C)c(C)c21. The molecule has 0 bridgehead atoms. The lowest BCUT2D eigenvalue weighted by molar-refractivity contribution is 0.382. The number of aliphatic imine (C=N–C) groups is 1. The summed E-state index contributed by atoms with van der Waals surface area (Å²) in [6.07, 6.45) is 7.95. The van der Waals surface area contributed by atoms with Crippen molar-refractivity contribution in [3.8, 4) is 10.4 Å². The highest BCUT2D eigenvalue weighted by Crippen LogP contribution is 2.42. The van der Waals surface area contributed by atoms with Crippen molar-refractivity contribution in [2.45, 2.75) is 34.2 Å². The second-order valence-electron chi connectivity index (χ2n) is 5.57. The molecule has 0 saturated heterocycles. The van der Waals surface area contributed by atoms with Gasteiger partial charge in [-0.2, -0.15) is 0 Å². The van der Waals surface area contributed by atoms with E-state index in [1.54, 1.807) is 11.3 Å².